The number of alkyl halides is 6. The second-order valence-corrected chi connectivity index (χ2v) is 8.87. The van der Waals surface area contributed by atoms with Crippen molar-refractivity contribution in [2.45, 2.75) is 39.4 Å². The normalized spacial score (nSPS) is 12.1. The van der Waals surface area contributed by atoms with E-state index in [0.717, 1.165) is 25.2 Å². The minimum atomic E-state index is -4.88. The van der Waals surface area contributed by atoms with Crippen LogP contribution in [0.15, 0.2) is 42.6 Å². The van der Waals surface area contributed by atoms with E-state index in [-0.39, 0.29) is 23.7 Å². The lowest BCUT2D eigenvalue weighted by atomic mass is 10.1. The van der Waals surface area contributed by atoms with Crippen LogP contribution in [-0.4, -0.2) is 46.8 Å². The molecule has 200 valence electrons. The van der Waals surface area contributed by atoms with Crippen LogP contribution in [0.25, 0.3) is 10.7 Å². The topological polar surface area (TPSA) is 67.4 Å². The molecule has 0 bridgehead atoms. The largest absolute Gasteiger partial charge is 0.573 e. The van der Waals surface area contributed by atoms with Crippen LogP contribution >= 0.6 is 11.3 Å². The fourth-order valence-corrected chi connectivity index (χ4v) is 4.55. The quantitative estimate of drug-likeness (QED) is 0.319. The van der Waals surface area contributed by atoms with E-state index in [1.165, 1.54) is 18.3 Å². The molecule has 1 aromatic carbocycles. The zero-order valence-corrected chi connectivity index (χ0v) is 20.7. The van der Waals surface area contributed by atoms with Gasteiger partial charge in [-0.1, -0.05) is 32.0 Å². The number of carbonyl (C=O) groups excluding carboxylic acids is 1. The molecule has 0 aliphatic carbocycles. The highest BCUT2D eigenvalue weighted by Crippen LogP contribution is 2.38. The molecule has 6 nitrogen and oxygen atoms in total. The summed E-state index contributed by atoms with van der Waals surface area (Å²) in [6.45, 7) is 5.73. The highest BCUT2D eigenvalue weighted by molar-refractivity contribution is 7.17. The second-order valence-electron chi connectivity index (χ2n) is 7.87. The van der Waals surface area contributed by atoms with Crippen molar-refractivity contribution in [1.82, 2.24) is 20.2 Å². The smallest absolute Gasteiger partial charge is 0.406 e. The molecular weight excluding hydrogens is 522 g/mol. The van der Waals surface area contributed by atoms with Crippen molar-refractivity contribution in [3.8, 4) is 16.5 Å². The molecule has 2 aromatic heterocycles. The summed E-state index contributed by atoms with van der Waals surface area (Å²) in [4.78, 5) is 22.1. The number of hydrogen-bond donors (Lipinski definition) is 1. The Balaban J connectivity index is 1.79. The van der Waals surface area contributed by atoms with Crippen LogP contribution in [0.4, 0.5) is 26.3 Å². The van der Waals surface area contributed by atoms with Gasteiger partial charge < -0.3 is 10.1 Å². The number of pyridine rings is 1. The molecule has 3 aromatic rings. The van der Waals surface area contributed by atoms with Gasteiger partial charge in [0.25, 0.3) is 5.91 Å². The molecule has 2 heterocycles. The Morgan fingerprint density at radius 3 is 2.46 bits per heavy atom. The summed E-state index contributed by atoms with van der Waals surface area (Å²) in [6, 6.07) is 8.56. The maximum Gasteiger partial charge on any atom is 0.573 e. The van der Waals surface area contributed by atoms with Gasteiger partial charge in [0.15, 0.2) is 5.69 Å². The molecule has 0 spiro atoms. The van der Waals surface area contributed by atoms with Gasteiger partial charge in [0, 0.05) is 19.3 Å². The second kappa shape index (κ2) is 11.9. The lowest BCUT2D eigenvalue weighted by Crippen LogP contribution is -2.27. The molecule has 3 rings (SSSR count). The Morgan fingerprint density at radius 1 is 1.08 bits per heavy atom. The van der Waals surface area contributed by atoms with Gasteiger partial charge in [0.2, 0.25) is 0 Å². The van der Waals surface area contributed by atoms with E-state index in [0.29, 0.717) is 29.0 Å². The molecule has 0 saturated heterocycles. The van der Waals surface area contributed by atoms with Crippen LogP contribution in [0.5, 0.6) is 5.75 Å². The SMILES string of the molecule is CCN(CC)Cc1cccnc1-c1nc(C(F)(F)F)c(C(=O)NCCc2cccc(OC(F)(F)F)c2)s1. The maximum atomic E-state index is 13.8. The van der Waals surface area contributed by atoms with E-state index in [2.05, 4.69) is 24.9 Å². The molecule has 0 atom stereocenters. The molecule has 1 N–H and O–H groups in total. The number of thiazole rings is 1. The van der Waals surface area contributed by atoms with Gasteiger partial charge in [-0.25, -0.2) is 4.98 Å². The van der Waals surface area contributed by atoms with Crippen LogP contribution < -0.4 is 10.1 Å². The fourth-order valence-electron chi connectivity index (χ4n) is 3.51. The van der Waals surface area contributed by atoms with E-state index in [1.807, 2.05) is 13.8 Å². The van der Waals surface area contributed by atoms with Crippen LogP contribution in [0.1, 0.15) is 40.3 Å². The molecule has 37 heavy (non-hydrogen) atoms. The van der Waals surface area contributed by atoms with Crippen LogP contribution in [0.3, 0.4) is 0 Å². The van der Waals surface area contributed by atoms with Gasteiger partial charge in [-0.05, 0) is 48.8 Å². The van der Waals surface area contributed by atoms with Crippen molar-refractivity contribution in [3.63, 3.8) is 0 Å². The minimum absolute atomic E-state index is 0.0303. The molecule has 13 heteroatoms. The Morgan fingerprint density at radius 2 is 1.81 bits per heavy atom. The first-order valence-electron chi connectivity index (χ1n) is 11.3. The molecule has 0 fully saturated rings. The third-order valence-corrected chi connectivity index (χ3v) is 6.38. The Labute approximate surface area is 213 Å². The molecule has 0 saturated carbocycles. The standard InChI is InChI=1S/C24H24F6N4O2S/c1-3-34(4-2)14-16-8-6-11-31-18(16)22-33-20(23(25,26)27)19(37-22)21(35)32-12-10-15-7-5-9-17(13-15)36-24(28,29)30/h5-9,11,13H,3-4,10,12,14H2,1-2H3,(H,32,35). The summed E-state index contributed by atoms with van der Waals surface area (Å²) < 4.78 is 82.4. The number of carbonyl (C=O) groups is 1. The predicted molar refractivity (Wildman–Crippen MR) is 126 cm³/mol. The summed E-state index contributed by atoms with van der Waals surface area (Å²) in [5.74, 6) is -1.42. The predicted octanol–water partition coefficient (Wildman–Crippen LogP) is 5.94. The molecular formula is C24H24F6N4O2S. The van der Waals surface area contributed by atoms with Crippen molar-refractivity contribution in [1.29, 1.82) is 0 Å². The minimum Gasteiger partial charge on any atom is -0.406 e. The van der Waals surface area contributed by atoms with E-state index in [1.54, 1.807) is 12.1 Å². The van der Waals surface area contributed by atoms with Gasteiger partial charge in [0.1, 0.15) is 21.3 Å². The van der Waals surface area contributed by atoms with E-state index < -0.39 is 34.8 Å². The van der Waals surface area contributed by atoms with Gasteiger partial charge in [-0.2, -0.15) is 13.2 Å². The monoisotopic (exact) mass is 546 g/mol. The van der Waals surface area contributed by atoms with E-state index in [4.69, 9.17) is 0 Å². The van der Waals surface area contributed by atoms with Crippen molar-refractivity contribution in [2.24, 2.45) is 0 Å². The van der Waals surface area contributed by atoms with Gasteiger partial charge in [0.05, 0.1) is 0 Å². The average Bonchev–Trinajstić information content (AvgIpc) is 3.28. The number of amides is 1. The molecule has 0 aliphatic rings. The highest BCUT2D eigenvalue weighted by atomic mass is 32.1. The van der Waals surface area contributed by atoms with Crippen LogP contribution in [-0.2, 0) is 19.1 Å². The first-order chi connectivity index (χ1) is 17.4. The molecule has 0 unspecified atom stereocenters. The maximum absolute atomic E-state index is 13.8. The lowest BCUT2D eigenvalue weighted by Gasteiger charge is -2.19. The van der Waals surface area contributed by atoms with Gasteiger partial charge in [-0.3, -0.25) is 14.7 Å². The number of ether oxygens (including phenoxy) is 1. The third kappa shape index (κ3) is 7.89. The van der Waals surface area contributed by atoms with Crippen LogP contribution in [0, 0.1) is 0 Å². The number of halogens is 6. The first kappa shape index (κ1) is 28.4. The average molecular weight is 547 g/mol. The summed E-state index contributed by atoms with van der Waals surface area (Å²) in [5, 5.41) is 2.37. The molecule has 0 aliphatic heterocycles. The number of nitrogens with zero attached hydrogens (tertiary/aromatic N) is 3. The lowest BCUT2D eigenvalue weighted by molar-refractivity contribution is -0.274. The van der Waals surface area contributed by atoms with E-state index >= 15 is 0 Å². The van der Waals surface area contributed by atoms with Gasteiger partial charge in [-0.15, -0.1) is 24.5 Å². The molecule has 0 radical (unpaired) electrons. The summed E-state index contributed by atoms with van der Waals surface area (Å²) in [7, 11) is 0. The van der Waals surface area contributed by atoms with Crippen molar-refractivity contribution >= 4 is 17.2 Å². The van der Waals surface area contributed by atoms with Crippen LogP contribution in [0.2, 0.25) is 0 Å². The fraction of sp³-hybridized carbons (Fsp3) is 0.375. The summed E-state index contributed by atoms with van der Waals surface area (Å²) >= 11 is 0.590. The summed E-state index contributed by atoms with van der Waals surface area (Å²) in [5.41, 5.74) is 0.0367. The zero-order valence-electron chi connectivity index (χ0n) is 19.9. The number of nitrogens with one attached hydrogen (secondary N) is 1. The first-order valence-corrected chi connectivity index (χ1v) is 12.1. The van der Waals surface area contributed by atoms with E-state index in [9.17, 15) is 31.1 Å². The number of aromatic nitrogens is 2. The number of hydrogen-bond acceptors (Lipinski definition) is 6. The van der Waals surface area contributed by atoms with Crippen molar-refractivity contribution in [2.75, 3.05) is 19.6 Å². The number of benzene rings is 1. The Bertz CT molecular complexity index is 1210. The highest BCUT2D eigenvalue weighted by Gasteiger charge is 2.40. The zero-order chi connectivity index (χ0) is 27.2. The Kier molecular flexibility index (Phi) is 9.13. The molecule has 1 amide bonds. The Hall–Kier alpha value is -3.19. The third-order valence-electron chi connectivity index (χ3n) is 5.32. The summed E-state index contributed by atoms with van der Waals surface area (Å²) in [6.07, 6.45) is -8.21. The van der Waals surface area contributed by atoms with Crippen molar-refractivity contribution < 1.29 is 35.9 Å². The van der Waals surface area contributed by atoms with Gasteiger partial charge >= 0.3 is 12.5 Å². The number of rotatable bonds is 10. The van der Waals surface area contributed by atoms with Crippen molar-refractivity contribution in [3.05, 3.63) is 64.3 Å².